The highest BCUT2D eigenvalue weighted by atomic mass is 16.4. The molecule has 1 aromatic heterocycles. The van der Waals surface area contributed by atoms with Crippen LogP contribution in [0.2, 0.25) is 0 Å². The minimum Gasteiger partial charge on any atom is -0.480 e. The molecule has 6 heteroatoms. The van der Waals surface area contributed by atoms with Crippen molar-refractivity contribution in [3.63, 3.8) is 0 Å². The van der Waals surface area contributed by atoms with Crippen molar-refractivity contribution in [2.45, 2.75) is 31.8 Å². The molecule has 0 spiro atoms. The molecule has 2 aromatic rings. The Labute approximate surface area is 148 Å². The maximum atomic E-state index is 10.9. The monoisotopic (exact) mass is 343 g/mol. The molecular weight excluding hydrogens is 318 g/mol. The third-order valence-electron chi connectivity index (χ3n) is 4.77. The van der Waals surface area contributed by atoms with Crippen molar-refractivity contribution in [3.8, 4) is 11.3 Å². The number of hydrogen-bond donors (Lipinski definition) is 1. The van der Waals surface area contributed by atoms with Crippen LogP contribution in [0.1, 0.15) is 25.2 Å². The molecule has 0 amide bonds. The Morgan fingerprint density at radius 1 is 1.32 bits per heavy atom. The molecule has 0 radical (unpaired) electrons. The number of carboxylic acid groups (broad SMARTS) is 1. The second-order valence-electron chi connectivity index (χ2n) is 6.65. The number of nitrogens with zero attached hydrogens (tertiary/aromatic N) is 3. The van der Waals surface area contributed by atoms with Gasteiger partial charge in [0, 0.05) is 18.2 Å². The van der Waals surface area contributed by atoms with Gasteiger partial charge in [0.2, 0.25) is 5.89 Å². The molecule has 1 atom stereocenters. The summed E-state index contributed by atoms with van der Waals surface area (Å²) >= 11 is 0. The van der Waals surface area contributed by atoms with Crippen LogP contribution in [-0.4, -0.2) is 58.6 Å². The van der Waals surface area contributed by atoms with E-state index in [-0.39, 0.29) is 6.54 Å². The van der Waals surface area contributed by atoms with Gasteiger partial charge in [0.25, 0.3) is 0 Å². The fourth-order valence-electron chi connectivity index (χ4n) is 3.39. The summed E-state index contributed by atoms with van der Waals surface area (Å²) in [7, 11) is 1.90. The van der Waals surface area contributed by atoms with E-state index < -0.39 is 5.97 Å². The molecule has 1 N–H and O–H groups in total. The van der Waals surface area contributed by atoms with Crippen LogP contribution in [0.15, 0.2) is 40.9 Å². The van der Waals surface area contributed by atoms with E-state index in [1.165, 1.54) is 0 Å². The number of likely N-dealkylation sites (tertiary alicyclic amines) is 1. The molecular formula is C19H25N3O3. The van der Waals surface area contributed by atoms with Gasteiger partial charge < -0.3 is 9.52 Å². The standard InChI is InChI=1S/C19H25N3O3/c1-21(14-19(23)24)16-8-5-10-22(11-9-16)13-18-20-12-17(25-18)15-6-3-2-4-7-15/h2-4,6-7,12,16H,5,8-11,13-14H2,1H3,(H,23,24). The van der Waals surface area contributed by atoms with Crippen LogP contribution in [0.5, 0.6) is 0 Å². The summed E-state index contributed by atoms with van der Waals surface area (Å²) in [5.74, 6) is 0.762. The van der Waals surface area contributed by atoms with Gasteiger partial charge in [-0.05, 0) is 32.9 Å². The summed E-state index contributed by atoms with van der Waals surface area (Å²) in [6.07, 6.45) is 4.84. The Kier molecular flexibility index (Phi) is 5.83. The van der Waals surface area contributed by atoms with Gasteiger partial charge in [0.1, 0.15) is 0 Å². The molecule has 25 heavy (non-hydrogen) atoms. The lowest BCUT2D eigenvalue weighted by Crippen LogP contribution is -2.36. The van der Waals surface area contributed by atoms with Gasteiger partial charge in [0.15, 0.2) is 5.76 Å². The number of aliphatic carboxylic acids is 1. The fraction of sp³-hybridized carbons (Fsp3) is 0.474. The van der Waals surface area contributed by atoms with E-state index in [9.17, 15) is 4.79 Å². The molecule has 2 heterocycles. The molecule has 6 nitrogen and oxygen atoms in total. The first-order chi connectivity index (χ1) is 12.1. The van der Waals surface area contributed by atoms with Crippen molar-refractivity contribution in [2.75, 3.05) is 26.7 Å². The summed E-state index contributed by atoms with van der Waals surface area (Å²) in [4.78, 5) is 19.6. The number of hydrogen-bond acceptors (Lipinski definition) is 5. The first-order valence-corrected chi connectivity index (χ1v) is 8.76. The van der Waals surface area contributed by atoms with Crippen LogP contribution in [0.3, 0.4) is 0 Å². The van der Waals surface area contributed by atoms with E-state index >= 15 is 0 Å². The van der Waals surface area contributed by atoms with Crippen molar-refractivity contribution in [2.24, 2.45) is 0 Å². The maximum absolute atomic E-state index is 10.9. The average molecular weight is 343 g/mol. The molecule has 0 bridgehead atoms. The summed E-state index contributed by atoms with van der Waals surface area (Å²) in [5.41, 5.74) is 1.03. The second kappa shape index (κ2) is 8.27. The Bertz CT molecular complexity index is 686. The molecule has 1 saturated heterocycles. The van der Waals surface area contributed by atoms with E-state index in [0.717, 1.165) is 49.6 Å². The van der Waals surface area contributed by atoms with Crippen molar-refractivity contribution in [3.05, 3.63) is 42.4 Å². The molecule has 0 saturated carbocycles. The summed E-state index contributed by atoms with van der Waals surface area (Å²) < 4.78 is 5.90. The van der Waals surface area contributed by atoms with Crippen molar-refractivity contribution >= 4 is 5.97 Å². The highest BCUT2D eigenvalue weighted by Gasteiger charge is 2.22. The van der Waals surface area contributed by atoms with E-state index in [1.807, 2.05) is 42.3 Å². The molecule has 1 aromatic carbocycles. The third-order valence-corrected chi connectivity index (χ3v) is 4.77. The largest absolute Gasteiger partial charge is 0.480 e. The molecule has 134 valence electrons. The number of oxazole rings is 1. The molecule has 1 aliphatic heterocycles. The average Bonchev–Trinajstić information content (AvgIpc) is 2.93. The van der Waals surface area contributed by atoms with Gasteiger partial charge in [-0.2, -0.15) is 0 Å². The van der Waals surface area contributed by atoms with Gasteiger partial charge >= 0.3 is 5.97 Å². The summed E-state index contributed by atoms with van der Waals surface area (Å²) in [5, 5.41) is 8.96. The lowest BCUT2D eigenvalue weighted by atomic mass is 10.1. The Morgan fingerprint density at radius 3 is 2.88 bits per heavy atom. The van der Waals surface area contributed by atoms with E-state index in [1.54, 1.807) is 6.20 Å². The number of aromatic nitrogens is 1. The van der Waals surface area contributed by atoms with Crippen molar-refractivity contribution in [1.29, 1.82) is 0 Å². The number of carboxylic acids is 1. The zero-order valence-corrected chi connectivity index (χ0v) is 14.6. The number of likely N-dealkylation sites (N-methyl/N-ethyl adjacent to an activating group) is 1. The Hall–Kier alpha value is -2.18. The maximum Gasteiger partial charge on any atom is 0.317 e. The topological polar surface area (TPSA) is 69.8 Å². The Balaban J connectivity index is 1.55. The van der Waals surface area contributed by atoms with Crippen LogP contribution in [0, 0.1) is 0 Å². The number of rotatable bonds is 6. The zero-order valence-electron chi connectivity index (χ0n) is 14.6. The molecule has 1 unspecified atom stereocenters. The number of benzene rings is 1. The van der Waals surface area contributed by atoms with Gasteiger partial charge in [-0.1, -0.05) is 30.3 Å². The second-order valence-corrected chi connectivity index (χ2v) is 6.65. The predicted octanol–water partition coefficient (Wildman–Crippen LogP) is 2.71. The lowest BCUT2D eigenvalue weighted by Gasteiger charge is -2.25. The van der Waals surface area contributed by atoms with E-state index in [0.29, 0.717) is 12.6 Å². The minimum atomic E-state index is -0.767. The van der Waals surface area contributed by atoms with Crippen LogP contribution in [0.4, 0.5) is 0 Å². The van der Waals surface area contributed by atoms with Crippen LogP contribution in [0.25, 0.3) is 11.3 Å². The van der Waals surface area contributed by atoms with Gasteiger partial charge in [0.05, 0.1) is 19.3 Å². The van der Waals surface area contributed by atoms with Crippen LogP contribution >= 0.6 is 0 Å². The Morgan fingerprint density at radius 2 is 2.12 bits per heavy atom. The first kappa shape index (κ1) is 17.6. The fourth-order valence-corrected chi connectivity index (χ4v) is 3.39. The first-order valence-electron chi connectivity index (χ1n) is 8.76. The van der Waals surface area contributed by atoms with Crippen LogP contribution < -0.4 is 0 Å². The van der Waals surface area contributed by atoms with Gasteiger partial charge in [-0.25, -0.2) is 4.98 Å². The van der Waals surface area contributed by atoms with Gasteiger partial charge in [-0.3, -0.25) is 14.6 Å². The predicted molar refractivity (Wildman–Crippen MR) is 95.1 cm³/mol. The molecule has 0 aliphatic carbocycles. The van der Waals surface area contributed by atoms with Crippen molar-refractivity contribution < 1.29 is 14.3 Å². The quantitative estimate of drug-likeness (QED) is 0.870. The summed E-state index contributed by atoms with van der Waals surface area (Å²) in [6, 6.07) is 10.3. The number of carbonyl (C=O) groups is 1. The lowest BCUT2D eigenvalue weighted by molar-refractivity contribution is -0.138. The SMILES string of the molecule is CN(CC(=O)O)C1CCCN(Cc2ncc(-c3ccccc3)o2)CC1. The van der Waals surface area contributed by atoms with Gasteiger partial charge in [-0.15, -0.1) is 0 Å². The highest BCUT2D eigenvalue weighted by molar-refractivity contribution is 5.69. The van der Waals surface area contributed by atoms with Crippen molar-refractivity contribution in [1.82, 2.24) is 14.8 Å². The summed E-state index contributed by atoms with van der Waals surface area (Å²) in [6.45, 7) is 2.71. The third kappa shape index (κ3) is 4.90. The molecule has 1 aliphatic rings. The molecule has 3 rings (SSSR count). The molecule has 1 fully saturated rings. The minimum absolute atomic E-state index is 0.102. The van der Waals surface area contributed by atoms with Crippen LogP contribution in [-0.2, 0) is 11.3 Å². The smallest absolute Gasteiger partial charge is 0.317 e. The van der Waals surface area contributed by atoms with E-state index in [2.05, 4.69) is 9.88 Å². The van der Waals surface area contributed by atoms with E-state index in [4.69, 9.17) is 9.52 Å². The highest BCUT2D eigenvalue weighted by Crippen LogP contribution is 2.22. The normalized spacial score (nSPS) is 19.0. The zero-order chi connectivity index (χ0) is 17.6.